The zero-order chi connectivity index (χ0) is 14.5. The first-order valence-electron chi connectivity index (χ1n) is 6.96. The second-order valence-corrected chi connectivity index (χ2v) is 6.05. The third-order valence-corrected chi connectivity index (χ3v) is 4.08. The molecule has 0 amide bonds. The molecule has 1 aromatic rings. The molecule has 5 heteroatoms. The van der Waals surface area contributed by atoms with Gasteiger partial charge in [0.2, 0.25) is 0 Å². The van der Waals surface area contributed by atoms with Gasteiger partial charge in [0.05, 0.1) is 17.0 Å². The molecule has 2 rings (SSSR count). The number of halogens is 1. The van der Waals surface area contributed by atoms with Crippen LogP contribution in [0.25, 0.3) is 0 Å². The lowest BCUT2D eigenvalue weighted by Gasteiger charge is -2.36. The Morgan fingerprint density at radius 2 is 2.25 bits per heavy atom. The molecule has 0 saturated carbocycles. The first-order chi connectivity index (χ1) is 9.60. The van der Waals surface area contributed by atoms with Crippen molar-refractivity contribution in [2.75, 3.05) is 19.7 Å². The minimum Gasteiger partial charge on any atom is -0.492 e. The van der Waals surface area contributed by atoms with Crippen molar-refractivity contribution in [3.8, 4) is 5.75 Å². The first-order valence-corrected chi connectivity index (χ1v) is 7.76. The third kappa shape index (κ3) is 3.96. The van der Waals surface area contributed by atoms with Gasteiger partial charge in [-0.25, -0.2) is 0 Å². The Labute approximate surface area is 127 Å². The Bertz CT molecular complexity index is 472. The molecule has 1 N–H and O–H groups in total. The SMILES string of the molecule is CCCCOc1ccc(CN2CC(C(=O)O)C2)cc1Br. The van der Waals surface area contributed by atoms with Crippen LogP contribution in [0.2, 0.25) is 0 Å². The van der Waals surface area contributed by atoms with Gasteiger partial charge in [-0.3, -0.25) is 9.69 Å². The number of carboxylic acid groups (broad SMARTS) is 1. The van der Waals surface area contributed by atoms with Crippen molar-refractivity contribution in [3.05, 3.63) is 28.2 Å². The summed E-state index contributed by atoms with van der Waals surface area (Å²) in [4.78, 5) is 12.9. The Kier molecular flexibility index (Phi) is 5.43. The van der Waals surface area contributed by atoms with Gasteiger partial charge in [0, 0.05) is 19.6 Å². The molecule has 1 saturated heterocycles. The standard InChI is InChI=1S/C15H20BrNO3/c1-2-3-6-20-14-5-4-11(7-13(14)16)8-17-9-12(10-17)15(18)19/h4-5,7,12H,2-3,6,8-10H2,1H3,(H,18,19). The summed E-state index contributed by atoms with van der Waals surface area (Å²) in [6, 6.07) is 6.07. The van der Waals surface area contributed by atoms with E-state index in [0.717, 1.165) is 36.2 Å². The van der Waals surface area contributed by atoms with Crippen LogP contribution in [-0.4, -0.2) is 35.7 Å². The number of rotatable bonds is 7. The molecule has 1 heterocycles. The first kappa shape index (κ1) is 15.3. The van der Waals surface area contributed by atoms with Gasteiger partial charge >= 0.3 is 5.97 Å². The number of nitrogens with zero attached hydrogens (tertiary/aromatic N) is 1. The lowest BCUT2D eigenvalue weighted by atomic mass is 10.00. The zero-order valence-corrected chi connectivity index (χ0v) is 13.2. The van der Waals surface area contributed by atoms with Crippen LogP contribution >= 0.6 is 15.9 Å². The summed E-state index contributed by atoms with van der Waals surface area (Å²) < 4.78 is 6.65. The predicted octanol–water partition coefficient (Wildman–Crippen LogP) is 3.14. The van der Waals surface area contributed by atoms with Crippen LogP contribution in [0.4, 0.5) is 0 Å². The molecule has 4 nitrogen and oxygen atoms in total. The summed E-state index contributed by atoms with van der Waals surface area (Å²) >= 11 is 3.53. The zero-order valence-electron chi connectivity index (χ0n) is 11.6. The topological polar surface area (TPSA) is 49.8 Å². The molecule has 20 heavy (non-hydrogen) atoms. The van der Waals surface area contributed by atoms with E-state index in [4.69, 9.17) is 9.84 Å². The summed E-state index contributed by atoms with van der Waals surface area (Å²) in [5.74, 6) is -0.0218. The van der Waals surface area contributed by atoms with Crippen LogP contribution in [0.3, 0.4) is 0 Å². The normalized spacial score (nSPS) is 15.9. The smallest absolute Gasteiger partial charge is 0.309 e. The van der Waals surface area contributed by atoms with Crippen LogP contribution in [0, 0.1) is 5.92 Å². The van der Waals surface area contributed by atoms with Crippen molar-refractivity contribution < 1.29 is 14.6 Å². The van der Waals surface area contributed by atoms with E-state index in [1.807, 2.05) is 12.1 Å². The minimum absolute atomic E-state index is 0.199. The van der Waals surface area contributed by atoms with E-state index in [1.54, 1.807) is 0 Å². The average Bonchev–Trinajstić information content (AvgIpc) is 2.35. The van der Waals surface area contributed by atoms with E-state index in [9.17, 15) is 4.79 Å². The molecule has 0 spiro atoms. The highest BCUT2D eigenvalue weighted by Crippen LogP contribution is 2.28. The van der Waals surface area contributed by atoms with Crippen LogP contribution in [0.15, 0.2) is 22.7 Å². The number of hydrogen-bond acceptors (Lipinski definition) is 3. The fraction of sp³-hybridized carbons (Fsp3) is 0.533. The molecule has 0 aromatic heterocycles. The maximum atomic E-state index is 10.8. The highest BCUT2D eigenvalue weighted by Gasteiger charge is 2.32. The summed E-state index contributed by atoms with van der Waals surface area (Å²) in [6.07, 6.45) is 2.17. The van der Waals surface area contributed by atoms with Gasteiger partial charge in [0.1, 0.15) is 5.75 Å². The minimum atomic E-state index is -0.692. The fourth-order valence-electron chi connectivity index (χ4n) is 2.20. The molecule has 0 radical (unpaired) electrons. The second kappa shape index (κ2) is 7.09. The Hall–Kier alpha value is -1.07. The summed E-state index contributed by atoms with van der Waals surface area (Å²) in [6.45, 7) is 4.95. The molecular formula is C15H20BrNO3. The van der Waals surface area contributed by atoms with Gasteiger partial charge in [-0.05, 0) is 40.0 Å². The molecule has 1 aliphatic rings. The Balaban J connectivity index is 1.85. The molecular weight excluding hydrogens is 322 g/mol. The van der Waals surface area contributed by atoms with E-state index in [-0.39, 0.29) is 5.92 Å². The summed E-state index contributed by atoms with van der Waals surface area (Å²) in [5, 5.41) is 8.85. The average molecular weight is 342 g/mol. The molecule has 1 aromatic carbocycles. The molecule has 0 atom stereocenters. The van der Waals surface area contributed by atoms with Crippen molar-refractivity contribution in [1.82, 2.24) is 4.90 Å². The maximum Gasteiger partial charge on any atom is 0.309 e. The Morgan fingerprint density at radius 3 is 2.85 bits per heavy atom. The van der Waals surface area contributed by atoms with E-state index >= 15 is 0 Å². The van der Waals surface area contributed by atoms with E-state index < -0.39 is 5.97 Å². The van der Waals surface area contributed by atoms with Gasteiger partial charge in [-0.2, -0.15) is 0 Å². The fourth-order valence-corrected chi connectivity index (χ4v) is 2.74. The van der Waals surface area contributed by atoms with Crippen LogP contribution in [0.1, 0.15) is 25.3 Å². The summed E-state index contributed by atoms with van der Waals surface area (Å²) in [5.41, 5.74) is 1.17. The number of carbonyl (C=O) groups is 1. The number of hydrogen-bond donors (Lipinski definition) is 1. The monoisotopic (exact) mass is 341 g/mol. The lowest BCUT2D eigenvalue weighted by Crippen LogP contribution is -2.49. The molecule has 110 valence electrons. The highest BCUT2D eigenvalue weighted by atomic mass is 79.9. The van der Waals surface area contributed by atoms with E-state index in [2.05, 4.69) is 33.8 Å². The number of aliphatic carboxylic acids is 1. The van der Waals surface area contributed by atoms with Gasteiger partial charge < -0.3 is 9.84 Å². The molecule has 1 fully saturated rings. The van der Waals surface area contributed by atoms with Crippen LogP contribution in [0.5, 0.6) is 5.75 Å². The number of carboxylic acids is 1. The van der Waals surface area contributed by atoms with Crippen molar-refractivity contribution in [1.29, 1.82) is 0 Å². The molecule has 0 bridgehead atoms. The van der Waals surface area contributed by atoms with Crippen LogP contribution in [-0.2, 0) is 11.3 Å². The third-order valence-electron chi connectivity index (χ3n) is 3.46. The number of likely N-dealkylation sites (tertiary alicyclic amines) is 1. The summed E-state index contributed by atoms with van der Waals surface area (Å²) in [7, 11) is 0. The van der Waals surface area contributed by atoms with E-state index in [0.29, 0.717) is 13.1 Å². The lowest BCUT2D eigenvalue weighted by molar-refractivity contribution is -0.147. The largest absolute Gasteiger partial charge is 0.492 e. The van der Waals surface area contributed by atoms with Crippen molar-refractivity contribution in [2.45, 2.75) is 26.3 Å². The quantitative estimate of drug-likeness (QED) is 0.774. The van der Waals surface area contributed by atoms with Crippen LogP contribution < -0.4 is 4.74 Å². The number of benzene rings is 1. The predicted molar refractivity (Wildman–Crippen MR) is 80.9 cm³/mol. The highest BCUT2D eigenvalue weighted by molar-refractivity contribution is 9.10. The van der Waals surface area contributed by atoms with Gasteiger partial charge in [-0.1, -0.05) is 19.4 Å². The maximum absolute atomic E-state index is 10.8. The van der Waals surface area contributed by atoms with Crippen molar-refractivity contribution in [2.24, 2.45) is 5.92 Å². The number of ether oxygens (including phenoxy) is 1. The Morgan fingerprint density at radius 1 is 1.50 bits per heavy atom. The molecule has 1 aliphatic heterocycles. The molecule has 0 aliphatic carbocycles. The van der Waals surface area contributed by atoms with Crippen molar-refractivity contribution in [3.63, 3.8) is 0 Å². The molecule has 0 unspecified atom stereocenters. The van der Waals surface area contributed by atoms with Gasteiger partial charge in [0.15, 0.2) is 0 Å². The van der Waals surface area contributed by atoms with Crippen molar-refractivity contribution >= 4 is 21.9 Å². The van der Waals surface area contributed by atoms with Gasteiger partial charge in [-0.15, -0.1) is 0 Å². The van der Waals surface area contributed by atoms with Gasteiger partial charge in [0.25, 0.3) is 0 Å². The van der Waals surface area contributed by atoms with E-state index in [1.165, 1.54) is 5.56 Å². The second-order valence-electron chi connectivity index (χ2n) is 5.20. The number of unbranched alkanes of at least 4 members (excludes halogenated alkanes) is 1.